The lowest BCUT2D eigenvalue weighted by atomic mass is 9.97. The summed E-state index contributed by atoms with van der Waals surface area (Å²) in [5.74, 6) is 2.71. The smallest absolute Gasteiger partial charge is 0.298 e. The number of pyridine rings is 1. The Labute approximate surface area is 190 Å². The summed E-state index contributed by atoms with van der Waals surface area (Å²) in [5.41, 5.74) is 4.52. The number of nitrogens with zero attached hydrogens (tertiary/aromatic N) is 2. The number of carbonyl (C=O) groups is 1. The Morgan fingerprint density at radius 2 is 1.97 bits per heavy atom. The van der Waals surface area contributed by atoms with E-state index in [1.54, 1.807) is 0 Å². The van der Waals surface area contributed by atoms with Crippen LogP contribution in [0.25, 0.3) is 0 Å². The van der Waals surface area contributed by atoms with Gasteiger partial charge in [0.05, 0.1) is 5.69 Å². The van der Waals surface area contributed by atoms with E-state index >= 15 is 0 Å². The predicted molar refractivity (Wildman–Crippen MR) is 125 cm³/mol. The van der Waals surface area contributed by atoms with Crippen molar-refractivity contribution >= 4 is 6.47 Å². The van der Waals surface area contributed by atoms with Crippen molar-refractivity contribution in [3.8, 4) is 17.2 Å². The number of hydrogen-bond acceptors (Lipinski definition) is 5. The maximum atomic E-state index is 11.2. The van der Waals surface area contributed by atoms with Crippen LogP contribution in [0.15, 0.2) is 60.8 Å². The third kappa shape index (κ3) is 5.00. The maximum absolute atomic E-state index is 11.2. The SMILES string of the molecule is Cc1cccnc1CN1CCC(c2ccc(Oc3ccccc3C(C)C)cc2OC=O)C1. The molecular weight excluding hydrogens is 400 g/mol. The first kappa shape index (κ1) is 22.0. The van der Waals surface area contributed by atoms with Crippen molar-refractivity contribution in [3.63, 3.8) is 0 Å². The largest absolute Gasteiger partial charge is 0.457 e. The highest BCUT2D eigenvalue weighted by molar-refractivity contribution is 5.52. The third-order valence-electron chi connectivity index (χ3n) is 6.13. The molecule has 32 heavy (non-hydrogen) atoms. The Kier molecular flexibility index (Phi) is 6.86. The Morgan fingerprint density at radius 1 is 1.12 bits per heavy atom. The molecule has 1 aliphatic rings. The molecule has 0 amide bonds. The zero-order chi connectivity index (χ0) is 22.5. The molecule has 0 spiro atoms. The van der Waals surface area contributed by atoms with Crippen molar-refractivity contribution in [2.75, 3.05) is 13.1 Å². The van der Waals surface area contributed by atoms with Gasteiger partial charge in [-0.3, -0.25) is 14.7 Å². The van der Waals surface area contributed by atoms with E-state index in [1.165, 1.54) is 5.56 Å². The lowest BCUT2D eigenvalue weighted by Crippen LogP contribution is -2.21. The highest BCUT2D eigenvalue weighted by Crippen LogP contribution is 2.38. The zero-order valence-electron chi connectivity index (χ0n) is 19.0. The molecule has 1 saturated heterocycles. The van der Waals surface area contributed by atoms with Crippen LogP contribution in [0.1, 0.15) is 54.5 Å². The molecule has 0 aliphatic carbocycles. The van der Waals surface area contributed by atoms with Gasteiger partial charge in [0.25, 0.3) is 6.47 Å². The molecule has 1 aromatic heterocycles. The van der Waals surface area contributed by atoms with Crippen LogP contribution < -0.4 is 9.47 Å². The van der Waals surface area contributed by atoms with Gasteiger partial charge in [0.15, 0.2) is 0 Å². The summed E-state index contributed by atoms with van der Waals surface area (Å²) in [6.45, 7) is 9.61. The van der Waals surface area contributed by atoms with E-state index < -0.39 is 0 Å². The summed E-state index contributed by atoms with van der Waals surface area (Å²) < 4.78 is 11.6. The average Bonchev–Trinajstić information content (AvgIpc) is 3.24. The van der Waals surface area contributed by atoms with Gasteiger partial charge in [0, 0.05) is 31.3 Å². The van der Waals surface area contributed by atoms with Crippen molar-refractivity contribution in [1.82, 2.24) is 9.88 Å². The number of rotatable bonds is 8. The zero-order valence-corrected chi connectivity index (χ0v) is 19.0. The van der Waals surface area contributed by atoms with Gasteiger partial charge in [-0.2, -0.15) is 0 Å². The van der Waals surface area contributed by atoms with E-state index in [0.717, 1.165) is 48.6 Å². The van der Waals surface area contributed by atoms with Gasteiger partial charge in [-0.15, -0.1) is 0 Å². The van der Waals surface area contributed by atoms with E-state index in [9.17, 15) is 4.79 Å². The van der Waals surface area contributed by atoms with Crippen molar-refractivity contribution < 1.29 is 14.3 Å². The molecule has 2 aromatic carbocycles. The molecule has 1 aliphatic heterocycles. The lowest BCUT2D eigenvalue weighted by molar-refractivity contribution is -0.120. The quantitative estimate of drug-likeness (QED) is 0.421. The number of para-hydroxylation sites is 1. The van der Waals surface area contributed by atoms with Gasteiger partial charge in [-0.25, -0.2) is 0 Å². The standard InChI is InChI=1S/C27H30N2O3/c1-19(2)23-8-4-5-9-26(23)32-22-10-11-24(27(15-22)31-18-30)21-12-14-29(16-21)17-25-20(3)7-6-13-28-25/h4-11,13,15,18-19,21H,12,14,16-17H2,1-3H3. The third-order valence-corrected chi connectivity index (χ3v) is 6.13. The Hall–Kier alpha value is -3.18. The minimum absolute atomic E-state index is 0.297. The molecule has 0 bridgehead atoms. The Balaban J connectivity index is 1.51. The molecule has 1 atom stereocenters. The van der Waals surface area contributed by atoms with Crippen molar-refractivity contribution in [2.45, 2.75) is 45.6 Å². The summed E-state index contributed by atoms with van der Waals surface area (Å²) in [6, 6.07) is 17.9. The van der Waals surface area contributed by atoms with Gasteiger partial charge in [0.2, 0.25) is 0 Å². The van der Waals surface area contributed by atoms with Crippen LogP contribution in [0.4, 0.5) is 0 Å². The summed E-state index contributed by atoms with van der Waals surface area (Å²) >= 11 is 0. The fraction of sp³-hybridized carbons (Fsp3) is 0.333. The maximum Gasteiger partial charge on any atom is 0.298 e. The summed E-state index contributed by atoms with van der Waals surface area (Å²) in [5, 5.41) is 0. The Morgan fingerprint density at radius 3 is 2.75 bits per heavy atom. The molecular formula is C27H30N2O3. The van der Waals surface area contributed by atoms with Crippen LogP contribution in [0.2, 0.25) is 0 Å². The number of benzene rings is 2. The van der Waals surface area contributed by atoms with Crippen LogP contribution >= 0.6 is 0 Å². The van der Waals surface area contributed by atoms with Gasteiger partial charge in [0.1, 0.15) is 17.2 Å². The summed E-state index contributed by atoms with van der Waals surface area (Å²) in [4.78, 5) is 18.2. The molecule has 1 fully saturated rings. The molecule has 0 N–H and O–H groups in total. The Bertz CT molecular complexity index is 1080. The van der Waals surface area contributed by atoms with Gasteiger partial charge in [-0.05, 0) is 60.7 Å². The van der Waals surface area contributed by atoms with Crippen LogP contribution in [0.3, 0.4) is 0 Å². The number of aromatic nitrogens is 1. The minimum Gasteiger partial charge on any atom is -0.457 e. The molecule has 4 rings (SSSR count). The second kappa shape index (κ2) is 9.96. The van der Waals surface area contributed by atoms with Crippen LogP contribution in [-0.4, -0.2) is 29.4 Å². The molecule has 5 nitrogen and oxygen atoms in total. The normalized spacial score (nSPS) is 16.3. The first-order valence-electron chi connectivity index (χ1n) is 11.2. The summed E-state index contributed by atoms with van der Waals surface area (Å²) in [7, 11) is 0. The monoisotopic (exact) mass is 430 g/mol. The number of aryl methyl sites for hydroxylation is 1. The number of likely N-dealkylation sites (tertiary alicyclic amines) is 1. The second-order valence-corrected chi connectivity index (χ2v) is 8.70. The summed E-state index contributed by atoms with van der Waals surface area (Å²) in [6.07, 6.45) is 2.86. The topological polar surface area (TPSA) is 51.7 Å². The molecule has 0 radical (unpaired) electrons. The number of ether oxygens (including phenoxy) is 2. The van der Waals surface area contributed by atoms with E-state index in [4.69, 9.17) is 9.47 Å². The van der Waals surface area contributed by atoms with E-state index in [2.05, 4.69) is 42.8 Å². The number of hydrogen-bond donors (Lipinski definition) is 0. The van der Waals surface area contributed by atoms with E-state index in [-0.39, 0.29) is 0 Å². The van der Waals surface area contributed by atoms with Crippen molar-refractivity contribution in [3.05, 3.63) is 83.2 Å². The number of carbonyl (C=O) groups excluding carboxylic acids is 1. The molecule has 1 unspecified atom stereocenters. The average molecular weight is 431 g/mol. The highest BCUT2D eigenvalue weighted by Gasteiger charge is 2.27. The minimum atomic E-state index is 0.297. The highest BCUT2D eigenvalue weighted by atomic mass is 16.5. The van der Waals surface area contributed by atoms with Crippen LogP contribution in [0.5, 0.6) is 17.2 Å². The molecule has 2 heterocycles. The van der Waals surface area contributed by atoms with Crippen LogP contribution in [-0.2, 0) is 11.3 Å². The van der Waals surface area contributed by atoms with Crippen molar-refractivity contribution in [1.29, 1.82) is 0 Å². The lowest BCUT2D eigenvalue weighted by Gasteiger charge is -2.19. The molecule has 0 saturated carbocycles. The van der Waals surface area contributed by atoms with Gasteiger partial charge in [-0.1, -0.05) is 44.2 Å². The molecule has 166 valence electrons. The van der Waals surface area contributed by atoms with Gasteiger partial charge < -0.3 is 9.47 Å². The fourth-order valence-electron chi connectivity index (χ4n) is 4.37. The first-order valence-corrected chi connectivity index (χ1v) is 11.2. The molecule has 3 aromatic rings. The fourth-order valence-corrected chi connectivity index (χ4v) is 4.37. The van der Waals surface area contributed by atoms with Gasteiger partial charge >= 0.3 is 0 Å². The van der Waals surface area contributed by atoms with Crippen molar-refractivity contribution in [2.24, 2.45) is 0 Å². The van der Waals surface area contributed by atoms with Crippen LogP contribution in [0, 0.1) is 6.92 Å². The van der Waals surface area contributed by atoms with E-state index in [1.807, 2.05) is 48.7 Å². The first-order chi connectivity index (χ1) is 15.5. The second-order valence-electron chi connectivity index (χ2n) is 8.70. The molecule has 5 heteroatoms. The predicted octanol–water partition coefficient (Wildman–Crippen LogP) is 5.83. The van der Waals surface area contributed by atoms with E-state index in [0.29, 0.717) is 29.8 Å².